The molecule has 66 heavy (non-hydrogen) atoms. The molecule has 0 fully saturated rings. The van der Waals surface area contributed by atoms with Crippen LogP contribution in [0.1, 0.15) is 284 Å². The van der Waals surface area contributed by atoms with Crippen LogP contribution >= 0.6 is 0 Å². The smallest absolute Gasteiger partial charge is 0.306 e. The van der Waals surface area contributed by atoms with Gasteiger partial charge in [0.1, 0.15) is 13.2 Å². The molecule has 0 aliphatic heterocycles. The van der Waals surface area contributed by atoms with Crippen LogP contribution in [0.15, 0.2) is 60.8 Å². The third-order valence-corrected chi connectivity index (χ3v) is 12.3. The minimum Gasteiger partial charge on any atom is -0.462 e. The zero-order valence-electron chi connectivity index (χ0n) is 43.7. The standard InChI is InChI=1S/C60H106O6/c1-4-7-10-13-16-19-22-25-27-29-31-32-35-38-41-44-47-50-53-59(62)65-56-57(55-64-58(61)52-49-46-43-40-37-34-24-21-18-15-12-9-6-3)66-60(63)54-51-48-45-42-39-36-33-30-28-26-23-20-17-14-11-8-5-2/h16,19,22,25-29,31-32,57H,4-15,17-18,20-21,23-24,30,33-56H2,1-3H3/b19-16-,25-22-,28-26-,29-27-,32-31-. The highest BCUT2D eigenvalue weighted by Gasteiger charge is 2.19. The molecule has 1 atom stereocenters. The molecule has 1 unspecified atom stereocenters. The minimum absolute atomic E-state index is 0.0813. The molecule has 0 aliphatic carbocycles. The van der Waals surface area contributed by atoms with Gasteiger partial charge in [-0.3, -0.25) is 14.4 Å². The van der Waals surface area contributed by atoms with Crippen LogP contribution in [-0.2, 0) is 28.6 Å². The number of hydrogen-bond donors (Lipinski definition) is 0. The zero-order valence-corrected chi connectivity index (χ0v) is 43.7. The first-order valence-electron chi connectivity index (χ1n) is 28.3. The first-order chi connectivity index (χ1) is 32.5. The van der Waals surface area contributed by atoms with Crippen molar-refractivity contribution in [3.63, 3.8) is 0 Å². The largest absolute Gasteiger partial charge is 0.462 e. The fourth-order valence-electron chi connectivity index (χ4n) is 8.04. The molecule has 382 valence electrons. The zero-order chi connectivity index (χ0) is 47.9. The summed E-state index contributed by atoms with van der Waals surface area (Å²) < 4.78 is 16.8. The summed E-state index contributed by atoms with van der Waals surface area (Å²) in [5, 5.41) is 0. The van der Waals surface area contributed by atoms with Crippen molar-refractivity contribution in [3.05, 3.63) is 60.8 Å². The Balaban J connectivity index is 4.41. The van der Waals surface area contributed by atoms with Crippen molar-refractivity contribution in [1.29, 1.82) is 0 Å². The van der Waals surface area contributed by atoms with Crippen LogP contribution in [0, 0.1) is 0 Å². The Hall–Kier alpha value is -2.89. The van der Waals surface area contributed by atoms with Crippen molar-refractivity contribution in [2.75, 3.05) is 13.2 Å². The van der Waals surface area contributed by atoms with Gasteiger partial charge in [0, 0.05) is 19.3 Å². The third-order valence-electron chi connectivity index (χ3n) is 12.3. The highest BCUT2D eigenvalue weighted by molar-refractivity contribution is 5.71. The molecular weight excluding hydrogens is 817 g/mol. The van der Waals surface area contributed by atoms with Crippen LogP contribution in [-0.4, -0.2) is 37.2 Å². The maximum absolute atomic E-state index is 12.8. The van der Waals surface area contributed by atoms with E-state index in [0.717, 1.165) is 83.5 Å². The van der Waals surface area contributed by atoms with Gasteiger partial charge in [0.25, 0.3) is 0 Å². The summed E-state index contributed by atoms with van der Waals surface area (Å²) in [5.41, 5.74) is 0. The molecule has 0 aromatic carbocycles. The van der Waals surface area contributed by atoms with Crippen LogP contribution < -0.4 is 0 Å². The van der Waals surface area contributed by atoms with E-state index in [9.17, 15) is 14.4 Å². The summed E-state index contributed by atoms with van der Waals surface area (Å²) in [6.45, 7) is 6.60. The number of carbonyl (C=O) groups excluding carboxylic acids is 3. The lowest BCUT2D eigenvalue weighted by atomic mass is 10.0. The number of unbranched alkanes of at least 4 members (excludes halogenated alkanes) is 33. The fraction of sp³-hybridized carbons (Fsp3) is 0.783. The van der Waals surface area contributed by atoms with E-state index in [1.165, 1.54) is 161 Å². The molecule has 0 N–H and O–H groups in total. The summed E-state index contributed by atoms with van der Waals surface area (Å²) in [7, 11) is 0. The molecule has 6 nitrogen and oxygen atoms in total. The molecule has 0 radical (unpaired) electrons. The molecule has 0 rings (SSSR count). The van der Waals surface area contributed by atoms with Crippen LogP contribution in [0.5, 0.6) is 0 Å². The molecular formula is C60H106O6. The van der Waals surface area contributed by atoms with Gasteiger partial charge in [-0.1, -0.05) is 255 Å². The summed E-state index contributed by atoms with van der Waals surface area (Å²) in [4.78, 5) is 38.1. The number of hydrogen-bond acceptors (Lipinski definition) is 6. The molecule has 6 heteroatoms. The lowest BCUT2D eigenvalue weighted by Gasteiger charge is -2.18. The van der Waals surface area contributed by atoms with E-state index in [0.29, 0.717) is 19.3 Å². The maximum atomic E-state index is 12.8. The average molecular weight is 924 g/mol. The molecule has 0 aromatic heterocycles. The van der Waals surface area contributed by atoms with Gasteiger partial charge in [0.05, 0.1) is 0 Å². The van der Waals surface area contributed by atoms with Gasteiger partial charge in [0.15, 0.2) is 6.10 Å². The predicted octanol–water partition coefficient (Wildman–Crippen LogP) is 18.8. The van der Waals surface area contributed by atoms with Gasteiger partial charge < -0.3 is 14.2 Å². The van der Waals surface area contributed by atoms with Gasteiger partial charge in [-0.05, 0) is 70.6 Å². The SMILES string of the molecule is CCCCC\C=C/C=C\C=C/C=C\CCCCCCCC(=O)OCC(COC(=O)CCCCCCCCCCCCCCC)OC(=O)CCCCCCCCC/C=C\CCCCCCCC. The van der Waals surface area contributed by atoms with Crippen LogP contribution in [0.3, 0.4) is 0 Å². The summed E-state index contributed by atoms with van der Waals surface area (Å²) in [6.07, 6.45) is 67.7. The number of ether oxygens (including phenoxy) is 3. The van der Waals surface area contributed by atoms with Crippen molar-refractivity contribution in [2.24, 2.45) is 0 Å². The first-order valence-corrected chi connectivity index (χ1v) is 28.3. The van der Waals surface area contributed by atoms with E-state index in [4.69, 9.17) is 14.2 Å². The first kappa shape index (κ1) is 63.1. The summed E-state index contributed by atoms with van der Waals surface area (Å²) in [6, 6.07) is 0. The number of allylic oxidation sites excluding steroid dienone is 10. The van der Waals surface area contributed by atoms with Gasteiger partial charge in [-0.2, -0.15) is 0 Å². The average Bonchev–Trinajstić information content (AvgIpc) is 3.31. The quantitative estimate of drug-likeness (QED) is 0.0199. The van der Waals surface area contributed by atoms with Crippen molar-refractivity contribution < 1.29 is 28.6 Å². The van der Waals surface area contributed by atoms with E-state index in [2.05, 4.69) is 81.5 Å². The van der Waals surface area contributed by atoms with Crippen molar-refractivity contribution >= 4 is 17.9 Å². The Bertz CT molecular complexity index is 1200. The fourth-order valence-corrected chi connectivity index (χ4v) is 8.04. The molecule has 0 saturated heterocycles. The Morgan fingerprint density at radius 1 is 0.303 bits per heavy atom. The highest BCUT2D eigenvalue weighted by Crippen LogP contribution is 2.16. The second kappa shape index (κ2) is 54.7. The van der Waals surface area contributed by atoms with Crippen LogP contribution in [0.2, 0.25) is 0 Å². The normalized spacial score (nSPS) is 12.5. The Morgan fingerprint density at radius 2 is 0.561 bits per heavy atom. The molecule has 0 amide bonds. The monoisotopic (exact) mass is 923 g/mol. The van der Waals surface area contributed by atoms with Gasteiger partial charge in [-0.15, -0.1) is 0 Å². The molecule has 0 aliphatic rings. The van der Waals surface area contributed by atoms with E-state index in [1.807, 2.05) is 0 Å². The lowest BCUT2D eigenvalue weighted by Crippen LogP contribution is -2.30. The van der Waals surface area contributed by atoms with E-state index < -0.39 is 6.10 Å². The number of esters is 3. The van der Waals surface area contributed by atoms with Crippen LogP contribution in [0.4, 0.5) is 0 Å². The second-order valence-corrected chi connectivity index (χ2v) is 18.9. The van der Waals surface area contributed by atoms with Crippen LogP contribution in [0.25, 0.3) is 0 Å². The van der Waals surface area contributed by atoms with E-state index >= 15 is 0 Å². The lowest BCUT2D eigenvalue weighted by molar-refractivity contribution is -0.167. The third kappa shape index (κ3) is 52.1. The Morgan fingerprint density at radius 3 is 0.924 bits per heavy atom. The molecule has 0 saturated carbocycles. The molecule has 0 spiro atoms. The summed E-state index contributed by atoms with van der Waals surface area (Å²) >= 11 is 0. The number of carbonyl (C=O) groups is 3. The minimum atomic E-state index is -0.784. The molecule has 0 bridgehead atoms. The summed E-state index contributed by atoms with van der Waals surface area (Å²) in [5.74, 6) is -0.899. The van der Waals surface area contributed by atoms with Crippen molar-refractivity contribution in [3.8, 4) is 0 Å². The van der Waals surface area contributed by atoms with E-state index in [-0.39, 0.29) is 31.1 Å². The van der Waals surface area contributed by atoms with Crippen molar-refractivity contribution in [1.82, 2.24) is 0 Å². The topological polar surface area (TPSA) is 78.9 Å². The predicted molar refractivity (Wildman–Crippen MR) is 284 cm³/mol. The second-order valence-electron chi connectivity index (χ2n) is 18.9. The van der Waals surface area contributed by atoms with Crippen molar-refractivity contribution in [2.45, 2.75) is 290 Å². The van der Waals surface area contributed by atoms with E-state index in [1.54, 1.807) is 0 Å². The molecule has 0 heterocycles. The maximum Gasteiger partial charge on any atom is 0.306 e. The Kier molecular flexibility index (Phi) is 52.3. The number of rotatable bonds is 51. The van der Waals surface area contributed by atoms with Gasteiger partial charge in [0.2, 0.25) is 0 Å². The molecule has 0 aromatic rings. The highest BCUT2D eigenvalue weighted by atomic mass is 16.6. The van der Waals surface area contributed by atoms with Gasteiger partial charge in [-0.25, -0.2) is 0 Å². The van der Waals surface area contributed by atoms with Gasteiger partial charge >= 0.3 is 17.9 Å². The Labute approximate surface area is 409 Å².